The molecular formula is C20H30O3Si. The fourth-order valence-corrected chi connectivity index (χ4v) is 3.92. The topological polar surface area (TPSA) is 27.7 Å². The lowest BCUT2D eigenvalue weighted by atomic mass is 9.81. The van der Waals surface area contributed by atoms with Crippen molar-refractivity contribution >= 4 is 8.32 Å². The van der Waals surface area contributed by atoms with E-state index in [1.807, 2.05) is 24.3 Å². The molecule has 2 atom stereocenters. The van der Waals surface area contributed by atoms with Crippen LogP contribution < -0.4 is 4.74 Å². The third-order valence-corrected chi connectivity index (χ3v) is 5.23. The highest BCUT2D eigenvalue weighted by molar-refractivity contribution is 6.70. The molecule has 0 bridgehead atoms. The maximum atomic E-state index is 6.49. The summed E-state index contributed by atoms with van der Waals surface area (Å²) in [5, 5.41) is 0. The standard InChI is InChI=1S/C20H30O3Si/c1-7-20(22-15-17-11-13-18(21-3)14-12-17)16(2)9-8-10-19(20)23-24(4,5)6/h8-14,16H,7,15H2,1-6H3/t16-,20+/m1/s1. The molecule has 0 heterocycles. The minimum absolute atomic E-state index is 0.275. The van der Waals surface area contributed by atoms with E-state index in [1.165, 1.54) is 0 Å². The van der Waals surface area contributed by atoms with Gasteiger partial charge in [0.15, 0.2) is 0 Å². The zero-order chi connectivity index (χ0) is 17.8. The highest BCUT2D eigenvalue weighted by Gasteiger charge is 2.42. The van der Waals surface area contributed by atoms with Gasteiger partial charge in [0.2, 0.25) is 8.32 Å². The third-order valence-electron chi connectivity index (χ3n) is 4.40. The second-order valence-corrected chi connectivity index (χ2v) is 11.7. The molecule has 0 radical (unpaired) electrons. The Bertz CT molecular complexity index is 598. The van der Waals surface area contributed by atoms with Crippen LogP contribution in [0.2, 0.25) is 19.6 Å². The van der Waals surface area contributed by atoms with Crippen LogP contribution in [0, 0.1) is 5.92 Å². The van der Waals surface area contributed by atoms with Crippen LogP contribution in [0.4, 0.5) is 0 Å². The van der Waals surface area contributed by atoms with Crippen LogP contribution in [0.3, 0.4) is 0 Å². The Hall–Kier alpha value is -1.52. The molecule has 132 valence electrons. The first kappa shape index (κ1) is 18.8. The van der Waals surface area contributed by atoms with E-state index in [1.54, 1.807) is 7.11 Å². The van der Waals surface area contributed by atoms with Crippen molar-refractivity contribution < 1.29 is 13.9 Å². The van der Waals surface area contributed by atoms with Crippen molar-refractivity contribution in [3.05, 3.63) is 53.8 Å². The van der Waals surface area contributed by atoms with Crippen LogP contribution in [-0.2, 0) is 15.8 Å². The average Bonchev–Trinajstić information content (AvgIpc) is 2.54. The molecular weight excluding hydrogens is 316 g/mol. The predicted molar refractivity (Wildman–Crippen MR) is 102 cm³/mol. The molecule has 0 aliphatic heterocycles. The van der Waals surface area contributed by atoms with Crippen molar-refractivity contribution in [2.45, 2.75) is 52.1 Å². The van der Waals surface area contributed by atoms with E-state index >= 15 is 0 Å². The Balaban J connectivity index is 2.20. The predicted octanol–water partition coefficient (Wildman–Crippen LogP) is 5.30. The first-order valence-electron chi connectivity index (χ1n) is 8.65. The molecule has 0 spiro atoms. The van der Waals surface area contributed by atoms with Crippen LogP contribution in [0.25, 0.3) is 0 Å². The van der Waals surface area contributed by atoms with Gasteiger partial charge in [-0.3, -0.25) is 0 Å². The van der Waals surface area contributed by atoms with E-state index in [0.29, 0.717) is 6.61 Å². The van der Waals surface area contributed by atoms with Crippen molar-refractivity contribution in [1.29, 1.82) is 0 Å². The van der Waals surface area contributed by atoms with Gasteiger partial charge in [0.05, 0.1) is 13.7 Å². The summed E-state index contributed by atoms with van der Waals surface area (Å²) in [6.07, 6.45) is 7.25. The van der Waals surface area contributed by atoms with Crippen LogP contribution in [0.1, 0.15) is 25.8 Å². The van der Waals surface area contributed by atoms with Gasteiger partial charge in [-0.2, -0.15) is 0 Å². The Labute approximate surface area is 147 Å². The lowest BCUT2D eigenvalue weighted by molar-refractivity contribution is -0.0788. The molecule has 2 rings (SSSR count). The van der Waals surface area contributed by atoms with Crippen molar-refractivity contribution in [1.82, 2.24) is 0 Å². The molecule has 1 aliphatic rings. The van der Waals surface area contributed by atoms with E-state index in [2.05, 4.69) is 51.7 Å². The van der Waals surface area contributed by atoms with Crippen molar-refractivity contribution in [2.24, 2.45) is 5.92 Å². The van der Waals surface area contributed by atoms with Crippen LogP contribution in [0.5, 0.6) is 5.75 Å². The Morgan fingerprint density at radius 2 is 1.79 bits per heavy atom. The van der Waals surface area contributed by atoms with Crippen LogP contribution in [-0.4, -0.2) is 21.0 Å². The molecule has 0 unspecified atom stereocenters. The van der Waals surface area contributed by atoms with E-state index in [0.717, 1.165) is 23.5 Å². The smallest absolute Gasteiger partial charge is 0.241 e. The Kier molecular flexibility index (Phi) is 5.94. The largest absolute Gasteiger partial charge is 0.545 e. The molecule has 0 amide bonds. The summed E-state index contributed by atoms with van der Waals surface area (Å²) in [6.45, 7) is 11.6. The summed E-state index contributed by atoms with van der Waals surface area (Å²) in [4.78, 5) is 0. The number of hydrogen-bond acceptors (Lipinski definition) is 3. The molecule has 1 aromatic rings. The highest BCUT2D eigenvalue weighted by atomic mass is 28.4. The van der Waals surface area contributed by atoms with E-state index in [9.17, 15) is 0 Å². The fourth-order valence-electron chi connectivity index (χ4n) is 3.02. The van der Waals surface area contributed by atoms with Gasteiger partial charge in [-0.15, -0.1) is 0 Å². The molecule has 1 aliphatic carbocycles. The van der Waals surface area contributed by atoms with Gasteiger partial charge in [-0.05, 0) is 49.8 Å². The van der Waals surface area contributed by atoms with Gasteiger partial charge in [0, 0.05) is 5.92 Å². The van der Waals surface area contributed by atoms with Crippen molar-refractivity contribution in [2.75, 3.05) is 7.11 Å². The number of ether oxygens (including phenoxy) is 2. The summed E-state index contributed by atoms with van der Waals surface area (Å²) in [6, 6.07) is 8.04. The average molecular weight is 347 g/mol. The number of benzene rings is 1. The first-order valence-corrected chi connectivity index (χ1v) is 12.1. The maximum absolute atomic E-state index is 6.49. The SMILES string of the molecule is CC[C@@]1(OCc2ccc(OC)cc2)C(O[Si](C)(C)C)=CC=C[C@H]1C. The minimum atomic E-state index is -1.70. The summed E-state index contributed by atoms with van der Waals surface area (Å²) in [5.41, 5.74) is 0.743. The molecule has 1 aromatic carbocycles. The number of methoxy groups -OCH3 is 1. The minimum Gasteiger partial charge on any atom is -0.545 e. The second kappa shape index (κ2) is 7.58. The van der Waals surface area contributed by atoms with Gasteiger partial charge in [-0.1, -0.05) is 38.1 Å². The highest BCUT2D eigenvalue weighted by Crippen LogP contribution is 2.40. The van der Waals surface area contributed by atoms with Crippen molar-refractivity contribution in [3.63, 3.8) is 0 Å². The lowest BCUT2D eigenvalue weighted by Gasteiger charge is -2.42. The molecule has 0 N–H and O–H groups in total. The normalized spacial score (nSPS) is 23.8. The molecule has 0 fully saturated rings. The second-order valence-electron chi connectivity index (χ2n) is 7.30. The zero-order valence-electron chi connectivity index (χ0n) is 15.8. The fraction of sp³-hybridized carbons (Fsp3) is 0.500. The lowest BCUT2D eigenvalue weighted by Crippen LogP contribution is -2.45. The van der Waals surface area contributed by atoms with Gasteiger partial charge in [-0.25, -0.2) is 0 Å². The van der Waals surface area contributed by atoms with Gasteiger partial charge in [0.25, 0.3) is 0 Å². The van der Waals surface area contributed by atoms with E-state index in [-0.39, 0.29) is 5.92 Å². The van der Waals surface area contributed by atoms with Crippen LogP contribution >= 0.6 is 0 Å². The first-order chi connectivity index (χ1) is 11.3. The zero-order valence-corrected chi connectivity index (χ0v) is 16.8. The summed E-state index contributed by atoms with van der Waals surface area (Å²) < 4.78 is 18.1. The van der Waals surface area contributed by atoms with Gasteiger partial charge >= 0.3 is 0 Å². The number of hydrogen-bond donors (Lipinski definition) is 0. The van der Waals surface area contributed by atoms with Gasteiger partial charge in [0.1, 0.15) is 17.1 Å². The third kappa shape index (κ3) is 4.31. The van der Waals surface area contributed by atoms with Crippen molar-refractivity contribution in [3.8, 4) is 5.75 Å². The Morgan fingerprint density at radius 1 is 1.12 bits per heavy atom. The molecule has 24 heavy (non-hydrogen) atoms. The maximum Gasteiger partial charge on any atom is 0.241 e. The molecule has 3 nitrogen and oxygen atoms in total. The summed E-state index contributed by atoms with van der Waals surface area (Å²) >= 11 is 0. The Morgan fingerprint density at radius 3 is 2.33 bits per heavy atom. The summed E-state index contributed by atoms with van der Waals surface area (Å²) in [7, 11) is -0.0197. The quantitative estimate of drug-likeness (QED) is 0.627. The molecule has 0 saturated heterocycles. The molecule has 0 saturated carbocycles. The molecule has 0 aromatic heterocycles. The van der Waals surface area contributed by atoms with E-state index < -0.39 is 13.9 Å². The number of allylic oxidation sites excluding steroid dienone is 2. The molecule has 4 heteroatoms. The summed E-state index contributed by atoms with van der Waals surface area (Å²) in [5.74, 6) is 2.12. The van der Waals surface area contributed by atoms with Crippen LogP contribution in [0.15, 0.2) is 48.3 Å². The van der Waals surface area contributed by atoms with Gasteiger partial charge < -0.3 is 13.9 Å². The number of rotatable bonds is 7. The monoisotopic (exact) mass is 346 g/mol. The van der Waals surface area contributed by atoms with E-state index in [4.69, 9.17) is 13.9 Å².